The minimum absolute atomic E-state index is 0.496. The zero-order valence-electron chi connectivity index (χ0n) is 12.5. The fourth-order valence-electron chi connectivity index (χ4n) is 3.14. The third-order valence-corrected chi connectivity index (χ3v) is 4.85. The van der Waals surface area contributed by atoms with E-state index >= 15 is 0 Å². The van der Waals surface area contributed by atoms with Gasteiger partial charge in [0.25, 0.3) is 0 Å². The van der Waals surface area contributed by atoms with E-state index in [1.807, 2.05) is 6.21 Å². The summed E-state index contributed by atoms with van der Waals surface area (Å²) in [5, 5.41) is 0. The summed E-state index contributed by atoms with van der Waals surface area (Å²) in [6.07, 6.45) is 9.40. The molecule has 0 unspecified atom stereocenters. The van der Waals surface area contributed by atoms with Gasteiger partial charge in [-0.05, 0) is 41.3 Å². The summed E-state index contributed by atoms with van der Waals surface area (Å²) in [5.74, 6) is 1.73. The summed E-state index contributed by atoms with van der Waals surface area (Å²) in [6.45, 7) is 3.39. The van der Waals surface area contributed by atoms with Gasteiger partial charge in [0, 0.05) is 23.4 Å². The Morgan fingerprint density at radius 3 is 2.62 bits per heavy atom. The van der Waals surface area contributed by atoms with E-state index in [2.05, 4.69) is 28.9 Å². The van der Waals surface area contributed by atoms with Gasteiger partial charge in [0.15, 0.2) is 11.5 Å². The largest absolute Gasteiger partial charge is 0.486 e. The molecule has 0 saturated heterocycles. The van der Waals surface area contributed by atoms with E-state index in [0.717, 1.165) is 28.0 Å². The van der Waals surface area contributed by atoms with Crippen LogP contribution in [0.5, 0.6) is 11.5 Å². The standard InChI is InChI=1S/C17H22BrNO2/c1-2-14-12(11-19-13-6-4-3-5-7-13)10-15(18)17-16(14)20-8-9-21-17/h10-11,13H,2-9H2,1H3. The van der Waals surface area contributed by atoms with E-state index in [1.165, 1.54) is 37.7 Å². The van der Waals surface area contributed by atoms with Gasteiger partial charge in [-0.3, -0.25) is 4.99 Å². The molecule has 4 heteroatoms. The Hall–Kier alpha value is -1.03. The van der Waals surface area contributed by atoms with Crippen LogP contribution in [0.15, 0.2) is 15.5 Å². The third-order valence-electron chi connectivity index (χ3n) is 4.26. The Morgan fingerprint density at radius 2 is 1.90 bits per heavy atom. The van der Waals surface area contributed by atoms with Gasteiger partial charge in [-0.15, -0.1) is 0 Å². The molecular formula is C17H22BrNO2. The molecule has 1 fully saturated rings. The van der Waals surface area contributed by atoms with Crippen molar-refractivity contribution in [2.24, 2.45) is 4.99 Å². The van der Waals surface area contributed by atoms with E-state index in [9.17, 15) is 0 Å². The normalized spacial score (nSPS) is 19.1. The van der Waals surface area contributed by atoms with Crippen LogP contribution < -0.4 is 9.47 Å². The first kappa shape index (κ1) is 14.9. The topological polar surface area (TPSA) is 30.8 Å². The van der Waals surface area contributed by atoms with Gasteiger partial charge in [-0.2, -0.15) is 0 Å². The Morgan fingerprint density at radius 1 is 1.19 bits per heavy atom. The molecule has 0 spiro atoms. The fourth-order valence-corrected chi connectivity index (χ4v) is 3.68. The minimum atomic E-state index is 0.496. The third kappa shape index (κ3) is 3.25. The van der Waals surface area contributed by atoms with Crippen molar-refractivity contribution in [3.05, 3.63) is 21.7 Å². The highest BCUT2D eigenvalue weighted by molar-refractivity contribution is 9.10. The predicted molar refractivity (Wildman–Crippen MR) is 89.0 cm³/mol. The number of hydrogen-bond acceptors (Lipinski definition) is 3. The molecule has 0 atom stereocenters. The van der Waals surface area contributed by atoms with E-state index < -0.39 is 0 Å². The monoisotopic (exact) mass is 351 g/mol. The molecule has 0 bridgehead atoms. The van der Waals surface area contributed by atoms with E-state index in [1.54, 1.807) is 0 Å². The predicted octanol–water partition coefficient (Wildman–Crippen LogP) is 4.53. The van der Waals surface area contributed by atoms with Crippen molar-refractivity contribution in [2.45, 2.75) is 51.5 Å². The SMILES string of the molecule is CCc1c(C=NC2CCCCC2)cc(Br)c2c1OCCO2. The molecule has 21 heavy (non-hydrogen) atoms. The van der Waals surface area contributed by atoms with Crippen LogP contribution in [-0.2, 0) is 6.42 Å². The summed E-state index contributed by atoms with van der Waals surface area (Å²) in [5.41, 5.74) is 2.35. The maximum absolute atomic E-state index is 5.84. The Balaban J connectivity index is 1.90. The van der Waals surface area contributed by atoms with Crippen molar-refractivity contribution in [2.75, 3.05) is 13.2 Å². The molecular weight excluding hydrogens is 330 g/mol. The van der Waals surface area contributed by atoms with Gasteiger partial charge < -0.3 is 9.47 Å². The van der Waals surface area contributed by atoms with Gasteiger partial charge in [0.2, 0.25) is 0 Å². The molecule has 114 valence electrons. The van der Waals surface area contributed by atoms with E-state index in [4.69, 9.17) is 14.5 Å². The molecule has 1 heterocycles. The summed E-state index contributed by atoms with van der Waals surface area (Å²) in [4.78, 5) is 4.81. The first-order valence-electron chi connectivity index (χ1n) is 7.93. The lowest BCUT2D eigenvalue weighted by Crippen LogP contribution is -2.18. The van der Waals surface area contributed by atoms with Crippen molar-refractivity contribution in [1.29, 1.82) is 0 Å². The summed E-state index contributed by atoms with van der Waals surface area (Å²) >= 11 is 3.60. The van der Waals surface area contributed by atoms with Crippen LogP contribution in [0.25, 0.3) is 0 Å². The van der Waals surface area contributed by atoms with Crippen molar-refractivity contribution in [3.63, 3.8) is 0 Å². The summed E-state index contributed by atoms with van der Waals surface area (Å²) < 4.78 is 12.5. The number of benzene rings is 1. The van der Waals surface area contributed by atoms with Gasteiger partial charge in [-0.25, -0.2) is 0 Å². The lowest BCUT2D eigenvalue weighted by molar-refractivity contribution is 0.169. The molecule has 0 aromatic heterocycles. The molecule has 3 rings (SSSR count). The Labute approximate surface area is 134 Å². The quantitative estimate of drug-likeness (QED) is 0.748. The molecule has 1 saturated carbocycles. The van der Waals surface area contributed by atoms with Crippen LogP contribution in [0.1, 0.15) is 50.2 Å². The van der Waals surface area contributed by atoms with Gasteiger partial charge in [0.05, 0.1) is 4.47 Å². The average molecular weight is 352 g/mol. The summed E-state index contributed by atoms with van der Waals surface area (Å²) in [7, 11) is 0. The number of fused-ring (bicyclic) bond motifs is 1. The smallest absolute Gasteiger partial charge is 0.175 e. The van der Waals surface area contributed by atoms with Crippen LogP contribution in [0.2, 0.25) is 0 Å². The van der Waals surface area contributed by atoms with Crippen LogP contribution in [0.4, 0.5) is 0 Å². The van der Waals surface area contributed by atoms with Crippen LogP contribution in [0.3, 0.4) is 0 Å². The van der Waals surface area contributed by atoms with E-state index in [-0.39, 0.29) is 0 Å². The summed E-state index contributed by atoms with van der Waals surface area (Å²) in [6, 6.07) is 2.61. The first-order valence-corrected chi connectivity index (χ1v) is 8.73. The number of hydrogen-bond donors (Lipinski definition) is 0. The highest BCUT2D eigenvalue weighted by Crippen LogP contribution is 2.42. The Bertz CT molecular complexity index is 536. The van der Waals surface area contributed by atoms with Crippen LogP contribution in [-0.4, -0.2) is 25.5 Å². The molecule has 0 radical (unpaired) electrons. The average Bonchev–Trinajstić information content (AvgIpc) is 2.54. The van der Waals surface area contributed by atoms with Crippen molar-refractivity contribution < 1.29 is 9.47 Å². The lowest BCUT2D eigenvalue weighted by atomic mass is 9.96. The lowest BCUT2D eigenvalue weighted by Gasteiger charge is -2.23. The number of nitrogens with zero attached hydrogens (tertiary/aromatic N) is 1. The molecule has 0 amide bonds. The molecule has 2 aliphatic rings. The number of aliphatic imine (C=N–C) groups is 1. The number of rotatable bonds is 3. The molecule has 0 N–H and O–H groups in total. The molecule has 3 nitrogen and oxygen atoms in total. The molecule has 1 aliphatic carbocycles. The number of ether oxygens (including phenoxy) is 2. The van der Waals surface area contributed by atoms with Gasteiger partial charge in [-0.1, -0.05) is 26.2 Å². The second-order valence-corrected chi connectivity index (χ2v) is 6.56. The molecule has 1 aliphatic heterocycles. The minimum Gasteiger partial charge on any atom is -0.486 e. The first-order chi connectivity index (χ1) is 10.3. The van der Waals surface area contributed by atoms with Crippen molar-refractivity contribution in [1.82, 2.24) is 0 Å². The zero-order chi connectivity index (χ0) is 14.7. The Kier molecular flexibility index (Phi) is 4.84. The van der Waals surface area contributed by atoms with Gasteiger partial charge >= 0.3 is 0 Å². The molecule has 1 aromatic rings. The number of halogens is 1. The zero-order valence-corrected chi connectivity index (χ0v) is 14.1. The second kappa shape index (κ2) is 6.82. The van der Waals surface area contributed by atoms with Crippen molar-refractivity contribution >= 4 is 22.1 Å². The highest BCUT2D eigenvalue weighted by Gasteiger charge is 2.21. The second-order valence-electron chi connectivity index (χ2n) is 5.70. The van der Waals surface area contributed by atoms with Crippen molar-refractivity contribution in [3.8, 4) is 11.5 Å². The van der Waals surface area contributed by atoms with Gasteiger partial charge in [0.1, 0.15) is 13.2 Å². The highest BCUT2D eigenvalue weighted by atomic mass is 79.9. The fraction of sp³-hybridized carbons (Fsp3) is 0.588. The van der Waals surface area contributed by atoms with Crippen LogP contribution >= 0.6 is 15.9 Å². The van der Waals surface area contributed by atoms with Crippen LogP contribution in [0, 0.1) is 0 Å². The maximum Gasteiger partial charge on any atom is 0.175 e. The van der Waals surface area contributed by atoms with E-state index in [0.29, 0.717) is 19.3 Å². The molecule has 1 aromatic carbocycles. The maximum atomic E-state index is 5.84.